The summed E-state index contributed by atoms with van der Waals surface area (Å²) in [6.45, 7) is 6.56. The molecule has 0 aromatic carbocycles. The molecule has 0 saturated carbocycles. The van der Waals surface area contributed by atoms with Crippen LogP contribution in [0.3, 0.4) is 0 Å². The maximum atomic E-state index is 12.2. The summed E-state index contributed by atoms with van der Waals surface area (Å²) >= 11 is 0. The Balaban J connectivity index is 1.95. The molecule has 0 radical (unpaired) electrons. The second-order valence-electron chi connectivity index (χ2n) is 5.49. The number of amides is 1. The Morgan fingerprint density at radius 1 is 1.25 bits per heavy atom. The average molecular weight is 226 g/mol. The van der Waals surface area contributed by atoms with Crippen LogP contribution in [0.25, 0.3) is 0 Å². The first-order chi connectivity index (χ1) is 7.54. The monoisotopic (exact) mass is 226 g/mol. The molecule has 2 aliphatic rings. The molecule has 1 amide bonds. The first-order valence-electron chi connectivity index (χ1n) is 6.20. The van der Waals surface area contributed by atoms with E-state index in [-0.39, 0.29) is 17.0 Å². The van der Waals surface area contributed by atoms with Crippen molar-refractivity contribution in [3.63, 3.8) is 0 Å². The van der Waals surface area contributed by atoms with Crippen molar-refractivity contribution in [2.75, 3.05) is 19.8 Å². The molecule has 2 fully saturated rings. The van der Waals surface area contributed by atoms with Gasteiger partial charge < -0.3 is 15.4 Å². The van der Waals surface area contributed by atoms with E-state index < -0.39 is 0 Å². The largest absolute Gasteiger partial charge is 0.381 e. The summed E-state index contributed by atoms with van der Waals surface area (Å²) in [6.07, 6.45) is 3.85. The normalized spacial score (nSPS) is 33.6. The number of carbonyl (C=O) groups excluding carboxylic acids is 1. The molecule has 2 N–H and O–H groups in total. The van der Waals surface area contributed by atoms with Crippen molar-refractivity contribution >= 4 is 5.91 Å². The van der Waals surface area contributed by atoms with E-state index in [0.717, 1.165) is 45.4 Å². The molecule has 1 unspecified atom stereocenters. The predicted octanol–water partition coefficient (Wildman–Crippen LogP) is 0.814. The van der Waals surface area contributed by atoms with Crippen molar-refractivity contribution in [2.24, 2.45) is 0 Å². The summed E-state index contributed by atoms with van der Waals surface area (Å²) in [7, 11) is 0. The highest BCUT2D eigenvalue weighted by molar-refractivity contribution is 5.86. The van der Waals surface area contributed by atoms with E-state index in [1.165, 1.54) is 0 Å². The summed E-state index contributed by atoms with van der Waals surface area (Å²) in [5.41, 5.74) is -0.441. The fourth-order valence-corrected chi connectivity index (χ4v) is 2.45. The van der Waals surface area contributed by atoms with Crippen LogP contribution in [0.2, 0.25) is 0 Å². The first kappa shape index (κ1) is 11.9. The Kier molecular flexibility index (Phi) is 3.22. The summed E-state index contributed by atoms with van der Waals surface area (Å²) in [4.78, 5) is 12.2. The molecule has 0 aromatic heterocycles. The lowest BCUT2D eigenvalue weighted by atomic mass is 9.90. The van der Waals surface area contributed by atoms with Gasteiger partial charge in [0.15, 0.2) is 0 Å². The van der Waals surface area contributed by atoms with Gasteiger partial charge >= 0.3 is 0 Å². The van der Waals surface area contributed by atoms with Crippen molar-refractivity contribution in [1.29, 1.82) is 0 Å². The highest BCUT2D eigenvalue weighted by Crippen LogP contribution is 2.24. The van der Waals surface area contributed by atoms with Gasteiger partial charge in [-0.3, -0.25) is 4.79 Å². The van der Waals surface area contributed by atoms with Crippen LogP contribution in [-0.2, 0) is 9.53 Å². The third-order valence-corrected chi connectivity index (χ3v) is 3.88. The molecule has 0 aromatic rings. The zero-order valence-corrected chi connectivity index (χ0v) is 10.3. The Morgan fingerprint density at radius 2 is 1.94 bits per heavy atom. The van der Waals surface area contributed by atoms with Crippen molar-refractivity contribution in [3.8, 4) is 0 Å². The zero-order chi connectivity index (χ0) is 11.6. The van der Waals surface area contributed by atoms with Gasteiger partial charge in [-0.05, 0) is 46.1 Å². The van der Waals surface area contributed by atoms with Gasteiger partial charge in [0, 0.05) is 18.8 Å². The number of hydrogen-bond acceptors (Lipinski definition) is 3. The molecular weight excluding hydrogens is 204 g/mol. The fourth-order valence-electron chi connectivity index (χ4n) is 2.45. The van der Waals surface area contributed by atoms with Crippen LogP contribution in [0.15, 0.2) is 0 Å². The van der Waals surface area contributed by atoms with E-state index in [4.69, 9.17) is 4.74 Å². The van der Waals surface area contributed by atoms with Crippen LogP contribution in [0.5, 0.6) is 0 Å². The quantitative estimate of drug-likeness (QED) is 0.732. The van der Waals surface area contributed by atoms with E-state index in [2.05, 4.69) is 17.6 Å². The maximum Gasteiger partial charge on any atom is 0.240 e. The number of nitrogens with one attached hydrogen (secondary N) is 2. The first-order valence-corrected chi connectivity index (χ1v) is 6.20. The second-order valence-corrected chi connectivity index (χ2v) is 5.49. The van der Waals surface area contributed by atoms with E-state index in [1.54, 1.807) is 0 Å². The molecule has 2 rings (SSSR count). The fraction of sp³-hybridized carbons (Fsp3) is 0.917. The van der Waals surface area contributed by atoms with Gasteiger partial charge in [-0.2, -0.15) is 0 Å². The van der Waals surface area contributed by atoms with Gasteiger partial charge in [0.1, 0.15) is 0 Å². The minimum Gasteiger partial charge on any atom is -0.381 e. The van der Waals surface area contributed by atoms with Crippen LogP contribution in [0, 0.1) is 0 Å². The van der Waals surface area contributed by atoms with Crippen molar-refractivity contribution < 1.29 is 9.53 Å². The number of ether oxygens (including phenoxy) is 1. The maximum absolute atomic E-state index is 12.2. The molecule has 4 heteroatoms. The van der Waals surface area contributed by atoms with Crippen LogP contribution < -0.4 is 10.6 Å². The van der Waals surface area contributed by atoms with Crippen molar-refractivity contribution in [1.82, 2.24) is 10.6 Å². The third kappa shape index (κ3) is 2.38. The van der Waals surface area contributed by atoms with Crippen molar-refractivity contribution in [2.45, 2.75) is 50.6 Å². The molecule has 1 atom stereocenters. The summed E-state index contributed by atoms with van der Waals surface area (Å²) in [6, 6.07) is 0. The topological polar surface area (TPSA) is 50.4 Å². The molecule has 16 heavy (non-hydrogen) atoms. The standard InChI is InChI=1S/C12H22N2O2/c1-11(5-8-16-9-6-11)14-10(15)12(2)4-3-7-13-12/h13H,3-9H2,1-2H3,(H,14,15). The lowest BCUT2D eigenvalue weighted by Gasteiger charge is -2.37. The van der Waals surface area contributed by atoms with Crippen LogP contribution >= 0.6 is 0 Å². The molecule has 92 valence electrons. The molecule has 2 heterocycles. The lowest BCUT2D eigenvalue weighted by Crippen LogP contribution is -2.59. The lowest BCUT2D eigenvalue weighted by molar-refractivity contribution is -0.129. The van der Waals surface area contributed by atoms with Gasteiger partial charge in [-0.15, -0.1) is 0 Å². The second kappa shape index (κ2) is 4.34. The SMILES string of the molecule is CC1(NC(=O)C2(C)CCCN2)CCOCC1. The molecule has 2 aliphatic heterocycles. The molecule has 0 aliphatic carbocycles. The van der Waals surface area contributed by atoms with E-state index in [1.807, 2.05) is 6.92 Å². The highest BCUT2D eigenvalue weighted by atomic mass is 16.5. The predicted molar refractivity (Wildman–Crippen MR) is 62.2 cm³/mol. The Morgan fingerprint density at radius 3 is 2.50 bits per heavy atom. The third-order valence-electron chi connectivity index (χ3n) is 3.88. The van der Waals surface area contributed by atoms with Crippen LogP contribution in [0.4, 0.5) is 0 Å². The average Bonchev–Trinajstić information content (AvgIpc) is 2.67. The van der Waals surface area contributed by atoms with Crippen molar-refractivity contribution in [3.05, 3.63) is 0 Å². The number of hydrogen-bond donors (Lipinski definition) is 2. The van der Waals surface area contributed by atoms with Gasteiger partial charge in [-0.25, -0.2) is 0 Å². The minimum atomic E-state index is -0.360. The van der Waals surface area contributed by atoms with Gasteiger partial charge in [0.2, 0.25) is 5.91 Å². The van der Waals surface area contributed by atoms with E-state index in [0.29, 0.717) is 0 Å². The number of rotatable bonds is 2. The molecule has 0 bridgehead atoms. The molecule has 4 nitrogen and oxygen atoms in total. The van der Waals surface area contributed by atoms with E-state index >= 15 is 0 Å². The zero-order valence-electron chi connectivity index (χ0n) is 10.3. The Hall–Kier alpha value is -0.610. The smallest absolute Gasteiger partial charge is 0.240 e. The van der Waals surface area contributed by atoms with E-state index in [9.17, 15) is 4.79 Å². The van der Waals surface area contributed by atoms with Crippen LogP contribution in [0.1, 0.15) is 39.5 Å². The minimum absolute atomic E-state index is 0.0807. The highest BCUT2D eigenvalue weighted by Gasteiger charge is 2.39. The molecule has 2 saturated heterocycles. The number of carbonyl (C=O) groups is 1. The van der Waals surface area contributed by atoms with Gasteiger partial charge in [0.25, 0.3) is 0 Å². The summed E-state index contributed by atoms with van der Waals surface area (Å²) in [5, 5.41) is 6.49. The van der Waals surface area contributed by atoms with Gasteiger partial charge in [0.05, 0.1) is 5.54 Å². The molecular formula is C12H22N2O2. The summed E-state index contributed by atoms with van der Waals surface area (Å²) in [5.74, 6) is 0.148. The summed E-state index contributed by atoms with van der Waals surface area (Å²) < 4.78 is 5.33. The Bertz CT molecular complexity index is 266. The van der Waals surface area contributed by atoms with Crippen LogP contribution in [-0.4, -0.2) is 36.7 Å². The Labute approximate surface area is 97.1 Å². The van der Waals surface area contributed by atoms with Gasteiger partial charge in [-0.1, -0.05) is 0 Å². The molecule has 0 spiro atoms.